The molecule has 0 spiro atoms. The van der Waals surface area contributed by atoms with Crippen LogP contribution in [-0.4, -0.2) is 25.0 Å². The van der Waals surface area contributed by atoms with E-state index in [1.165, 1.54) is 19.2 Å². The van der Waals surface area contributed by atoms with Gasteiger partial charge in [-0.05, 0) is 36.1 Å². The van der Waals surface area contributed by atoms with Crippen LogP contribution in [0.25, 0.3) is 0 Å². The molecule has 3 atom stereocenters. The van der Waals surface area contributed by atoms with Gasteiger partial charge in [-0.3, -0.25) is 9.59 Å². The predicted octanol–water partition coefficient (Wildman–Crippen LogP) is 4.53. The molecule has 0 fully saturated rings. The Bertz CT molecular complexity index is 1030. The van der Waals surface area contributed by atoms with Gasteiger partial charge in [0.2, 0.25) is 0 Å². The Hall–Kier alpha value is -2.87. The second-order valence-electron chi connectivity index (χ2n) is 6.78. The van der Waals surface area contributed by atoms with Crippen molar-refractivity contribution in [2.75, 3.05) is 7.11 Å². The number of rotatable bonds is 5. The molecule has 9 heteroatoms. The topological polar surface area (TPSA) is 55.4 Å². The number of amides is 1. The molecule has 4 nitrogen and oxygen atoms in total. The van der Waals surface area contributed by atoms with Crippen LogP contribution in [-0.2, 0) is 9.53 Å². The molecule has 1 amide bonds. The van der Waals surface area contributed by atoms with Crippen molar-refractivity contribution in [2.45, 2.75) is 18.4 Å². The van der Waals surface area contributed by atoms with E-state index in [-0.39, 0.29) is 11.4 Å². The Morgan fingerprint density at radius 1 is 1.07 bits per heavy atom. The van der Waals surface area contributed by atoms with Gasteiger partial charge in [-0.2, -0.15) is 0 Å². The first-order chi connectivity index (χ1) is 14.2. The first-order valence-corrected chi connectivity index (χ1v) is 9.25. The Labute approximate surface area is 174 Å². The van der Waals surface area contributed by atoms with Gasteiger partial charge in [-0.15, -0.1) is 0 Å². The van der Waals surface area contributed by atoms with Crippen molar-refractivity contribution in [1.82, 2.24) is 5.32 Å². The summed E-state index contributed by atoms with van der Waals surface area (Å²) >= 11 is 6.10. The number of nitrogens with one attached hydrogen (secondary N) is 1. The molecule has 3 unspecified atom stereocenters. The number of carbonyl (C=O) groups excluding carboxylic acids is 2. The summed E-state index contributed by atoms with van der Waals surface area (Å²) in [5, 5.41) is 2.55. The molecule has 0 bridgehead atoms. The zero-order valence-corrected chi connectivity index (χ0v) is 16.4. The number of benzene rings is 2. The Kier molecular flexibility index (Phi) is 6.45. The summed E-state index contributed by atoms with van der Waals surface area (Å²) in [6, 6.07) is 3.79. The largest absolute Gasteiger partial charge is 0.469 e. The summed E-state index contributed by atoms with van der Waals surface area (Å²) < 4.78 is 58.5. The molecule has 1 N–H and O–H groups in total. The Morgan fingerprint density at radius 2 is 1.77 bits per heavy atom. The SMILES string of the molecule is COC(=O)C(c1ccc(F)cc1Cl)C1C=CC(NC(=O)c2cc(F)c(F)cc2F)C1. The third kappa shape index (κ3) is 4.48. The van der Waals surface area contributed by atoms with Crippen molar-refractivity contribution in [1.29, 1.82) is 0 Å². The first kappa shape index (κ1) is 21.8. The minimum Gasteiger partial charge on any atom is -0.469 e. The highest BCUT2D eigenvalue weighted by molar-refractivity contribution is 6.31. The minimum absolute atomic E-state index is 0.0511. The second kappa shape index (κ2) is 8.87. The fraction of sp³-hybridized carbons (Fsp3) is 0.238. The molecule has 1 aliphatic carbocycles. The Balaban J connectivity index is 1.77. The van der Waals surface area contributed by atoms with Crippen LogP contribution in [0.2, 0.25) is 5.02 Å². The third-order valence-corrected chi connectivity index (χ3v) is 5.20. The van der Waals surface area contributed by atoms with Gasteiger partial charge in [0.15, 0.2) is 11.6 Å². The monoisotopic (exact) mass is 441 g/mol. The number of methoxy groups -OCH3 is 1. The maximum atomic E-state index is 13.8. The van der Waals surface area contributed by atoms with Crippen LogP contribution in [0.1, 0.15) is 28.3 Å². The number of allylic oxidation sites excluding steroid dienone is 1. The zero-order valence-electron chi connectivity index (χ0n) is 15.6. The highest BCUT2D eigenvalue weighted by Crippen LogP contribution is 2.37. The van der Waals surface area contributed by atoms with Gasteiger partial charge in [-0.1, -0.05) is 29.8 Å². The molecule has 2 aromatic carbocycles. The smallest absolute Gasteiger partial charge is 0.313 e. The van der Waals surface area contributed by atoms with Crippen LogP contribution in [0.15, 0.2) is 42.5 Å². The van der Waals surface area contributed by atoms with Crippen LogP contribution in [0.3, 0.4) is 0 Å². The van der Waals surface area contributed by atoms with Crippen LogP contribution in [0.4, 0.5) is 17.6 Å². The normalized spacial score (nSPS) is 18.9. The van der Waals surface area contributed by atoms with Gasteiger partial charge in [0, 0.05) is 17.1 Å². The van der Waals surface area contributed by atoms with Crippen LogP contribution in [0.5, 0.6) is 0 Å². The van der Waals surface area contributed by atoms with Gasteiger partial charge in [-0.25, -0.2) is 17.6 Å². The molecule has 3 rings (SSSR count). The van der Waals surface area contributed by atoms with Crippen LogP contribution < -0.4 is 5.32 Å². The first-order valence-electron chi connectivity index (χ1n) is 8.87. The van der Waals surface area contributed by atoms with Gasteiger partial charge in [0.25, 0.3) is 5.91 Å². The third-order valence-electron chi connectivity index (χ3n) is 4.87. The highest BCUT2D eigenvalue weighted by atomic mass is 35.5. The number of hydrogen-bond donors (Lipinski definition) is 1. The minimum atomic E-state index is -1.40. The number of hydrogen-bond acceptors (Lipinski definition) is 3. The average molecular weight is 442 g/mol. The van der Waals surface area contributed by atoms with E-state index in [1.807, 2.05) is 0 Å². The molecule has 2 aromatic rings. The number of carbonyl (C=O) groups is 2. The molecule has 0 saturated carbocycles. The summed E-state index contributed by atoms with van der Waals surface area (Å²) in [6.45, 7) is 0. The quantitative estimate of drug-likeness (QED) is 0.321. The molecule has 158 valence electrons. The fourth-order valence-corrected chi connectivity index (χ4v) is 3.72. The molecule has 30 heavy (non-hydrogen) atoms. The lowest BCUT2D eigenvalue weighted by Crippen LogP contribution is -2.34. The van der Waals surface area contributed by atoms with E-state index >= 15 is 0 Å². The molecule has 1 aliphatic rings. The lowest BCUT2D eigenvalue weighted by Gasteiger charge is -2.23. The van der Waals surface area contributed by atoms with E-state index in [0.29, 0.717) is 17.7 Å². The highest BCUT2D eigenvalue weighted by Gasteiger charge is 2.35. The molecular formula is C21H16ClF4NO3. The van der Waals surface area contributed by atoms with Gasteiger partial charge < -0.3 is 10.1 Å². The average Bonchev–Trinajstić information content (AvgIpc) is 3.14. The van der Waals surface area contributed by atoms with Crippen molar-refractivity contribution >= 4 is 23.5 Å². The van der Waals surface area contributed by atoms with Crippen molar-refractivity contribution in [3.63, 3.8) is 0 Å². The van der Waals surface area contributed by atoms with E-state index in [4.69, 9.17) is 16.3 Å². The van der Waals surface area contributed by atoms with Crippen molar-refractivity contribution in [3.8, 4) is 0 Å². The molecule has 0 radical (unpaired) electrons. The lowest BCUT2D eigenvalue weighted by atomic mass is 9.85. The zero-order chi connectivity index (χ0) is 22.0. The summed E-state index contributed by atoms with van der Waals surface area (Å²) in [6.07, 6.45) is 3.48. The maximum Gasteiger partial charge on any atom is 0.313 e. The second-order valence-corrected chi connectivity index (χ2v) is 7.18. The Morgan fingerprint density at radius 3 is 2.43 bits per heavy atom. The molecule has 0 aromatic heterocycles. The van der Waals surface area contributed by atoms with Crippen molar-refractivity contribution in [3.05, 3.63) is 81.9 Å². The summed E-state index contributed by atoms with van der Waals surface area (Å²) in [5.41, 5.74) is -0.282. The van der Waals surface area contributed by atoms with E-state index in [1.54, 1.807) is 12.2 Å². The number of ether oxygens (including phenoxy) is 1. The van der Waals surface area contributed by atoms with Gasteiger partial charge in [0.1, 0.15) is 11.6 Å². The van der Waals surface area contributed by atoms with E-state index in [0.717, 1.165) is 6.07 Å². The summed E-state index contributed by atoms with van der Waals surface area (Å²) in [7, 11) is 1.20. The summed E-state index contributed by atoms with van der Waals surface area (Å²) in [4.78, 5) is 24.7. The van der Waals surface area contributed by atoms with E-state index in [9.17, 15) is 27.2 Å². The molecule has 0 heterocycles. The summed E-state index contributed by atoms with van der Waals surface area (Å²) in [5.74, 6) is -7.36. The molecular weight excluding hydrogens is 426 g/mol. The van der Waals surface area contributed by atoms with E-state index < -0.39 is 58.6 Å². The van der Waals surface area contributed by atoms with Gasteiger partial charge in [0.05, 0.1) is 18.6 Å². The fourth-order valence-electron chi connectivity index (χ4n) is 3.44. The predicted molar refractivity (Wildman–Crippen MR) is 101 cm³/mol. The maximum absolute atomic E-state index is 13.8. The number of halogens is 5. The van der Waals surface area contributed by atoms with Crippen LogP contribution in [0, 0.1) is 29.2 Å². The van der Waals surface area contributed by atoms with Crippen molar-refractivity contribution < 1.29 is 31.9 Å². The molecule has 0 aliphatic heterocycles. The number of esters is 1. The van der Waals surface area contributed by atoms with Gasteiger partial charge >= 0.3 is 5.97 Å². The standard InChI is InChI=1S/C21H16ClF4NO3/c1-30-21(29)19(13-5-3-11(23)7-15(13)22)10-2-4-12(6-10)27-20(28)14-8-17(25)18(26)9-16(14)24/h2-5,7-10,12,19H,6H2,1H3,(H,27,28). The lowest BCUT2D eigenvalue weighted by molar-refractivity contribution is -0.143. The van der Waals surface area contributed by atoms with E-state index in [2.05, 4.69) is 5.32 Å². The van der Waals surface area contributed by atoms with Crippen LogP contribution >= 0.6 is 11.6 Å². The molecule has 0 saturated heterocycles. The van der Waals surface area contributed by atoms with Crippen molar-refractivity contribution in [2.24, 2.45) is 5.92 Å².